The van der Waals surface area contributed by atoms with Gasteiger partial charge in [-0.2, -0.15) is 5.10 Å². The molecule has 1 aromatic rings. The molecule has 0 spiro atoms. The van der Waals surface area contributed by atoms with E-state index in [9.17, 15) is 4.79 Å². The van der Waals surface area contributed by atoms with Crippen LogP contribution in [0.1, 0.15) is 34.3 Å². The Morgan fingerprint density at radius 3 is 2.89 bits per heavy atom. The average molecular weight is 254 g/mol. The summed E-state index contributed by atoms with van der Waals surface area (Å²) in [5.41, 5.74) is 6.81. The van der Waals surface area contributed by atoms with Crippen molar-refractivity contribution in [3.05, 3.63) is 47.0 Å². The number of hydrogen-bond acceptors (Lipinski definition) is 2. The van der Waals surface area contributed by atoms with Gasteiger partial charge in [-0.15, -0.1) is 0 Å². The van der Waals surface area contributed by atoms with E-state index in [1.165, 1.54) is 5.56 Å². The van der Waals surface area contributed by atoms with E-state index in [0.717, 1.165) is 24.1 Å². The van der Waals surface area contributed by atoms with Crippen molar-refractivity contribution in [3.8, 4) is 0 Å². The van der Waals surface area contributed by atoms with E-state index in [2.05, 4.69) is 22.7 Å². The Balaban J connectivity index is 1.65. The molecule has 0 heterocycles. The molecule has 2 aliphatic rings. The molecule has 1 aromatic carbocycles. The number of nitrogens with zero attached hydrogens (tertiary/aromatic N) is 1. The minimum Gasteiger partial charge on any atom is -0.267 e. The van der Waals surface area contributed by atoms with E-state index in [1.54, 1.807) is 0 Å². The van der Waals surface area contributed by atoms with Gasteiger partial charge < -0.3 is 0 Å². The predicted octanol–water partition coefficient (Wildman–Crippen LogP) is 2.99. The van der Waals surface area contributed by atoms with E-state index in [-0.39, 0.29) is 5.91 Å². The summed E-state index contributed by atoms with van der Waals surface area (Å²) in [5, 5.41) is 4.28. The number of amides is 1. The number of fused-ring (bicyclic) bond motifs is 1. The van der Waals surface area contributed by atoms with Crippen LogP contribution in [0.5, 0.6) is 0 Å². The lowest BCUT2D eigenvalue weighted by Gasteiger charge is -2.31. The van der Waals surface area contributed by atoms with Crippen molar-refractivity contribution in [3.63, 3.8) is 0 Å². The fourth-order valence-corrected chi connectivity index (χ4v) is 2.73. The smallest absolute Gasteiger partial charge is 0.267 e. The number of carbonyl (C=O) groups excluding carboxylic acids is 1. The number of benzene rings is 1. The highest BCUT2D eigenvalue weighted by molar-refractivity contribution is 5.98. The van der Waals surface area contributed by atoms with Crippen molar-refractivity contribution in [1.82, 2.24) is 5.43 Å². The molecule has 0 aliphatic heterocycles. The fraction of sp³-hybridized carbons (Fsp3) is 0.375. The fourth-order valence-electron chi connectivity index (χ4n) is 2.73. The summed E-state index contributed by atoms with van der Waals surface area (Å²) in [6.45, 7) is 4.05. The van der Waals surface area contributed by atoms with Gasteiger partial charge in [0.2, 0.25) is 0 Å². The summed E-state index contributed by atoms with van der Waals surface area (Å²) in [6, 6.07) is 5.72. The summed E-state index contributed by atoms with van der Waals surface area (Å²) in [6.07, 6.45) is 6.54. The largest absolute Gasteiger partial charge is 0.271 e. The van der Waals surface area contributed by atoms with Gasteiger partial charge in [-0.05, 0) is 55.9 Å². The van der Waals surface area contributed by atoms with Crippen LogP contribution in [0.15, 0.2) is 35.5 Å². The molecule has 0 aromatic heterocycles. The van der Waals surface area contributed by atoms with Gasteiger partial charge in [-0.25, -0.2) is 5.43 Å². The standard InChI is InChI=1S/C16H18N2O/c1-10-6-7-13(8-11(10)2)16(19)18-17-15-9-12-4-3-5-14(12)15/h3-4,6-8,12,14H,5,9H2,1-2H3,(H,18,19)/b17-15+/t12-,14-/m1/s1. The zero-order chi connectivity index (χ0) is 13.4. The Hall–Kier alpha value is -1.90. The van der Waals surface area contributed by atoms with Crippen molar-refractivity contribution in [2.45, 2.75) is 26.7 Å². The molecule has 3 heteroatoms. The molecule has 19 heavy (non-hydrogen) atoms. The molecule has 1 N–H and O–H groups in total. The van der Waals surface area contributed by atoms with Gasteiger partial charge in [0.15, 0.2) is 0 Å². The van der Waals surface area contributed by atoms with Gasteiger partial charge in [0, 0.05) is 17.2 Å². The third-order valence-electron chi connectivity index (χ3n) is 4.23. The number of nitrogens with one attached hydrogen (secondary N) is 1. The maximum absolute atomic E-state index is 12.0. The lowest BCUT2D eigenvalue weighted by atomic mass is 9.74. The minimum absolute atomic E-state index is 0.120. The van der Waals surface area contributed by atoms with Crippen LogP contribution >= 0.6 is 0 Å². The second-order valence-corrected chi connectivity index (χ2v) is 5.48. The van der Waals surface area contributed by atoms with E-state index in [0.29, 0.717) is 17.4 Å². The third-order valence-corrected chi connectivity index (χ3v) is 4.23. The lowest BCUT2D eigenvalue weighted by molar-refractivity contribution is 0.0954. The Labute approximate surface area is 113 Å². The first kappa shape index (κ1) is 12.2. The van der Waals surface area contributed by atoms with Crippen LogP contribution in [0.4, 0.5) is 0 Å². The number of aryl methyl sites for hydroxylation is 2. The van der Waals surface area contributed by atoms with Crippen molar-refractivity contribution in [1.29, 1.82) is 0 Å². The summed E-state index contributed by atoms with van der Waals surface area (Å²) in [4.78, 5) is 12.0. The molecule has 1 saturated carbocycles. The predicted molar refractivity (Wildman–Crippen MR) is 76.2 cm³/mol. The monoisotopic (exact) mass is 254 g/mol. The second kappa shape index (κ2) is 4.65. The Bertz CT molecular complexity index is 586. The Kier molecular flexibility index (Phi) is 2.97. The van der Waals surface area contributed by atoms with E-state index < -0.39 is 0 Å². The van der Waals surface area contributed by atoms with Crippen molar-refractivity contribution < 1.29 is 4.79 Å². The van der Waals surface area contributed by atoms with Crippen LogP contribution in [0.25, 0.3) is 0 Å². The SMILES string of the molecule is Cc1ccc(C(=O)N/N=C2\C[C@H]3C=CC[C@@H]23)cc1C. The van der Waals surface area contributed by atoms with Crippen molar-refractivity contribution >= 4 is 11.6 Å². The number of carbonyl (C=O) groups is 1. The highest BCUT2D eigenvalue weighted by Crippen LogP contribution is 2.40. The number of hydrogen-bond donors (Lipinski definition) is 1. The van der Waals surface area contributed by atoms with Crippen LogP contribution in [-0.4, -0.2) is 11.6 Å². The normalized spacial score (nSPS) is 26.1. The molecule has 98 valence electrons. The van der Waals surface area contributed by atoms with Gasteiger partial charge in [-0.3, -0.25) is 4.79 Å². The summed E-state index contributed by atoms with van der Waals surface area (Å²) >= 11 is 0. The highest BCUT2D eigenvalue weighted by Gasteiger charge is 2.37. The maximum Gasteiger partial charge on any atom is 0.271 e. The molecule has 3 rings (SSSR count). The van der Waals surface area contributed by atoms with Gasteiger partial charge in [0.1, 0.15) is 0 Å². The van der Waals surface area contributed by atoms with E-state index >= 15 is 0 Å². The van der Waals surface area contributed by atoms with Crippen LogP contribution in [0, 0.1) is 25.7 Å². The van der Waals surface area contributed by atoms with Crippen LogP contribution < -0.4 is 5.43 Å². The summed E-state index contributed by atoms with van der Waals surface area (Å²) < 4.78 is 0. The zero-order valence-corrected chi connectivity index (χ0v) is 11.3. The quantitative estimate of drug-likeness (QED) is 0.639. The molecule has 0 radical (unpaired) electrons. The van der Waals surface area contributed by atoms with Gasteiger partial charge in [-0.1, -0.05) is 18.2 Å². The summed E-state index contributed by atoms with van der Waals surface area (Å²) in [5.74, 6) is 1.09. The molecule has 1 fully saturated rings. The van der Waals surface area contributed by atoms with Gasteiger partial charge in [0.25, 0.3) is 5.91 Å². The molecule has 0 bridgehead atoms. The Morgan fingerprint density at radius 1 is 1.32 bits per heavy atom. The molecule has 0 saturated heterocycles. The van der Waals surface area contributed by atoms with Gasteiger partial charge in [0.05, 0.1) is 0 Å². The third kappa shape index (κ3) is 2.21. The highest BCUT2D eigenvalue weighted by atomic mass is 16.2. The average Bonchev–Trinajstić information content (AvgIpc) is 2.74. The topological polar surface area (TPSA) is 41.5 Å². The van der Waals surface area contributed by atoms with Crippen LogP contribution in [0.2, 0.25) is 0 Å². The second-order valence-electron chi connectivity index (χ2n) is 5.48. The number of allylic oxidation sites excluding steroid dienone is 2. The number of hydrazone groups is 1. The van der Waals surface area contributed by atoms with Crippen LogP contribution in [0.3, 0.4) is 0 Å². The van der Waals surface area contributed by atoms with E-state index in [1.807, 2.05) is 32.0 Å². The molecule has 0 unspecified atom stereocenters. The van der Waals surface area contributed by atoms with Crippen molar-refractivity contribution in [2.24, 2.45) is 16.9 Å². The molecular weight excluding hydrogens is 236 g/mol. The first-order valence-electron chi connectivity index (χ1n) is 6.76. The molecule has 3 nitrogen and oxygen atoms in total. The lowest BCUT2D eigenvalue weighted by Crippen LogP contribution is -2.35. The summed E-state index contributed by atoms with van der Waals surface area (Å²) in [7, 11) is 0. The maximum atomic E-state index is 12.0. The minimum atomic E-state index is -0.120. The molecule has 1 amide bonds. The zero-order valence-electron chi connectivity index (χ0n) is 11.3. The Morgan fingerprint density at radius 2 is 2.16 bits per heavy atom. The number of rotatable bonds is 2. The first-order valence-corrected chi connectivity index (χ1v) is 6.76. The molecule has 2 aliphatic carbocycles. The first-order chi connectivity index (χ1) is 9.15. The van der Waals surface area contributed by atoms with E-state index in [4.69, 9.17) is 0 Å². The van der Waals surface area contributed by atoms with Gasteiger partial charge >= 0.3 is 0 Å². The van der Waals surface area contributed by atoms with Crippen molar-refractivity contribution in [2.75, 3.05) is 0 Å². The molecular formula is C16H18N2O. The van der Waals surface area contributed by atoms with Crippen LogP contribution in [-0.2, 0) is 0 Å². The molecule has 2 atom stereocenters.